The molecular formula is C23H29F2N5O3. The summed E-state index contributed by atoms with van der Waals surface area (Å²) in [6, 6.07) is 5.21. The Labute approximate surface area is 191 Å². The molecule has 0 spiro atoms. The lowest BCUT2D eigenvalue weighted by Crippen LogP contribution is -2.46. The SMILES string of the molecule is COc1cc(-c2cc(C(=O)N3CCC(C(=O)NC4CCC(C(F)F)CC4)CC3)[nH]n2)ccn1. The predicted octanol–water partition coefficient (Wildman–Crippen LogP) is 3.27. The molecule has 2 aromatic rings. The first kappa shape index (κ1) is 23.1. The highest BCUT2D eigenvalue weighted by Crippen LogP contribution is 2.30. The third-order valence-corrected chi connectivity index (χ3v) is 6.68. The summed E-state index contributed by atoms with van der Waals surface area (Å²) in [5, 5.41) is 10.1. The minimum Gasteiger partial charge on any atom is -0.481 e. The van der Waals surface area contributed by atoms with Crippen LogP contribution in [0, 0.1) is 11.8 Å². The fourth-order valence-electron chi connectivity index (χ4n) is 4.61. The minimum absolute atomic E-state index is 0.0256. The third-order valence-electron chi connectivity index (χ3n) is 6.68. The molecule has 178 valence electrons. The third kappa shape index (κ3) is 5.48. The van der Waals surface area contributed by atoms with E-state index in [1.165, 1.54) is 7.11 Å². The van der Waals surface area contributed by atoms with Crippen LogP contribution in [0.1, 0.15) is 49.0 Å². The van der Waals surface area contributed by atoms with Gasteiger partial charge in [-0.05, 0) is 50.7 Å². The summed E-state index contributed by atoms with van der Waals surface area (Å²) >= 11 is 0. The molecular weight excluding hydrogens is 432 g/mol. The quantitative estimate of drug-likeness (QED) is 0.688. The number of rotatable bonds is 6. The fourth-order valence-corrected chi connectivity index (χ4v) is 4.61. The van der Waals surface area contributed by atoms with Crippen molar-refractivity contribution in [1.82, 2.24) is 25.4 Å². The van der Waals surface area contributed by atoms with Gasteiger partial charge in [-0.3, -0.25) is 14.7 Å². The number of hydrogen-bond acceptors (Lipinski definition) is 5. The Morgan fingerprint density at radius 3 is 2.55 bits per heavy atom. The van der Waals surface area contributed by atoms with Gasteiger partial charge in [-0.2, -0.15) is 5.10 Å². The normalized spacial score (nSPS) is 21.8. The zero-order valence-electron chi connectivity index (χ0n) is 18.6. The first-order chi connectivity index (χ1) is 15.9. The van der Waals surface area contributed by atoms with E-state index in [9.17, 15) is 18.4 Å². The number of carbonyl (C=O) groups is 2. The second-order valence-corrected chi connectivity index (χ2v) is 8.77. The number of alkyl halides is 2. The van der Waals surface area contributed by atoms with Crippen molar-refractivity contribution in [2.24, 2.45) is 11.8 Å². The molecule has 10 heteroatoms. The molecule has 2 aromatic heterocycles. The molecule has 3 heterocycles. The van der Waals surface area contributed by atoms with Gasteiger partial charge in [0.15, 0.2) is 0 Å². The molecule has 2 aliphatic rings. The average Bonchev–Trinajstić information content (AvgIpc) is 3.34. The summed E-state index contributed by atoms with van der Waals surface area (Å²) in [6.45, 7) is 0.957. The zero-order chi connectivity index (χ0) is 23.4. The van der Waals surface area contributed by atoms with E-state index in [2.05, 4.69) is 20.5 Å². The van der Waals surface area contributed by atoms with Crippen molar-refractivity contribution in [2.75, 3.05) is 20.2 Å². The van der Waals surface area contributed by atoms with Crippen LogP contribution in [0.2, 0.25) is 0 Å². The van der Waals surface area contributed by atoms with E-state index < -0.39 is 12.3 Å². The molecule has 4 rings (SSSR count). The fraction of sp³-hybridized carbons (Fsp3) is 0.565. The summed E-state index contributed by atoms with van der Waals surface area (Å²) in [4.78, 5) is 31.3. The number of H-pyrrole nitrogens is 1. The molecule has 0 radical (unpaired) electrons. The Hall–Kier alpha value is -3.04. The first-order valence-electron chi connectivity index (χ1n) is 11.4. The Balaban J connectivity index is 1.27. The summed E-state index contributed by atoms with van der Waals surface area (Å²) in [7, 11) is 1.54. The van der Waals surface area contributed by atoms with Crippen LogP contribution in [0.25, 0.3) is 11.3 Å². The van der Waals surface area contributed by atoms with Gasteiger partial charge >= 0.3 is 0 Å². The number of piperidine rings is 1. The first-order valence-corrected chi connectivity index (χ1v) is 11.4. The number of aromatic amines is 1. The highest BCUT2D eigenvalue weighted by Gasteiger charge is 2.32. The molecule has 0 atom stereocenters. The van der Waals surface area contributed by atoms with Crippen LogP contribution in [-0.4, -0.2) is 64.6 Å². The van der Waals surface area contributed by atoms with Crippen molar-refractivity contribution in [3.63, 3.8) is 0 Å². The van der Waals surface area contributed by atoms with Crippen LogP contribution in [0.15, 0.2) is 24.4 Å². The number of pyridine rings is 1. The lowest BCUT2D eigenvalue weighted by molar-refractivity contribution is -0.127. The molecule has 1 saturated heterocycles. The van der Waals surface area contributed by atoms with Gasteiger partial charge in [0, 0.05) is 48.8 Å². The number of nitrogens with one attached hydrogen (secondary N) is 2. The number of ether oxygens (including phenoxy) is 1. The standard InChI is InChI=1S/C23H29F2N5O3/c1-33-20-12-16(6-9-26-20)18-13-19(29-28-18)23(32)30-10-7-15(8-11-30)22(31)27-17-4-2-14(3-5-17)21(24)25/h6,9,12-15,17,21H,2-5,7-8,10-11H2,1H3,(H,27,31)(H,28,29). The van der Waals surface area contributed by atoms with Crippen LogP contribution in [0.4, 0.5) is 8.78 Å². The molecule has 33 heavy (non-hydrogen) atoms. The molecule has 8 nitrogen and oxygen atoms in total. The van der Waals surface area contributed by atoms with Crippen molar-refractivity contribution >= 4 is 11.8 Å². The summed E-state index contributed by atoms with van der Waals surface area (Å²) in [5.41, 5.74) is 1.80. The van der Waals surface area contributed by atoms with Crippen molar-refractivity contribution in [3.8, 4) is 17.1 Å². The highest BCUT2D eigenvalue weighted by molar-refractivity contribution is 5.93. The van der Waals surface area contributed by atoms with E-state index >= 15 is 0 Å². The molecule has 2 N–H and O–H groups in total. The molecule has 0 bridgehead atoms. The number of likely N-dealkylation sites (tertiary alicyclic amines) is 1. The molecule has 1 saturated carbocycles. The largest absolute Gasteiger partial charge is 0.481 e. The highest BCUT2D eigenvalue weighted by atomic mass is 19.3. The smallest absolute Gasteiger partial charge is 0.271 e. The van der Waals surface area contributed by atoms with Gasteiger partial charge in [0.1, 0.15) is 5.69 Å². The van der Waals surface area contributed by atoms with Gasteiger partial charge in [0.05, 0.1) is 12.8 Å². The predicted molar refractivity (Wildman–Crippen MR) is 117 cm³/mol. The summed E-state index contributed by atoms with van der Waals surface area (Å²) in [5.74, 6) is -0.428. The maximum absolute atomic E-state index is 12.9. The van der Waals surface area contributed by atoms with Crippen molar-refractivity contribution in [1.29, 1.82) is 0 Å². The molecule has 0 aromatic carbocycles. The van der Waals surface area contributed by atoms with Crippen LogP contribution in [0.3, 0.4) is 0 Å². The Kier molecular flexibility index (Phi) is 7.20. The van der Waals surface area contributed by atoms with Crippen molar-refractivity contribution in [3.05, 3.63) is 30.1 Å². The lowest BCUT2D eigenvalue weighted by Gasteiger charge is -2.33. The molecule has 0 unspecified atom stereocenters. The summed E-state index contributed by atoms with van der Waals surface area (Å²) < 4.78 is 30.8. The minimum atomic E-state index is -2.28. The van der Waals surface area contributed by atoms with Gasteiger partial charge in [-0.1, -0.05) is 0 Å². The van der Waals surface area contributed by atoms with Gasteiger partial charge in [0.25, 0.3) is 5.91 Å². The number of hydrogen-bond donors (Lipinski definition) is 2. The topological polar surface area (TPSA) is 100 Å². The van der Waals surface area contributed by atoms with E-state index in [1.54, 1.807) is 29.3 Å². The molecule has 2 amide bonds. The number of amides is 2. The van der Waals surface area contributed by atoms with Crippen LogP contribution < -0.4 is 10.1 Å². The second kappa shape index (κ2) is 10.3. The van der Waals surface area contributed by atoms with Crippen LogP contribution in [-0.2, 0) is 4.79 Å². The molecule has 1 aliphatic carbocycles. The van der Waals surface area contributed by atoms with Crippen LogP contribution >= 0.6 is 0 Å². The Morgan fingerprint density at radius 2 is 1.88 bits per heavy atom. The maximum Gasteiger partial charge on any atom is 0.271 e. The van der Waals surface area contributed by atoms with E-state index in [0.29, 0.717) is 68.9 Å². The van der Waals surface area contributed by atoms with E-state index in [4.69, 9.17) is 4.74 Å². The van der Waals surface area contributed by atoms with Gasteiger partial charge in [0.2, 0.25) is 18.2 Å². The van der Waals surface area contributed by atoms with Crippen molar-refractivity contribution in [2.45, 2.75) is 51.0 Å². The average molecular weight is 462 g/mol. The number of halogens is 2. The monoisotopic (exact) mass is 461 g/mol. The number of methoxy groups -OCH3 is 1. The second-order valence-electron chi connectivity index (χ2n) is 8.77. The maximum atomic E-state index is 12.9. The van der Waals surface area contributed by atoms with Crippen LogP contribution in [0.5, 0.6) is 5.88 Å². The zero-order valence-corrected chi connectivity index (χ0v) is 18.6. The van der Waals surface area contributed by atoms with E-state index in [-0.39, 0.29) is 23.8 Å². The Bertz CT molecular complexity index is 967. The number of nitrogens with zero attached hydrogens (tertiary/aromatic N) is 3. The Morgan fingerprint density at radius 1 is 1.15 bits per heavy atom. The lowest BCUT2D eigenvalue weighted by atomic mass is 9.85. The molecule has 2 fully saturated rings. The number of aromatic nitrogens is 3. The number of carbonyl (C=O) groups excluding carboxylic acids is 2. The van der Waals surface area contributed by atoms with E-state index in [0.717, 1.165) is 5.56 Å². The van der Waals surface area contributed by atoms with Gasteiger partial charge in [-0.25, -0.2) is 13.8 Å². The molecule has 1 aliphatic heterocycles. The summed E-state index contributed by atoms with van der Waals surface area (Å²) in [6.07, 6.45) is 2.60. The van der Waals surface area contributed by atoms with Crippen molar-refractivity contribution < 1.29 is 23.1 Å². The van der Waals surface area contributed by atoms with Gasteiger partial charge in [-0.15, -0.1) is 0 Å². The van der Waals surface area contributed by atoms with E-state index in [1.807, 2.05) is 0 Å². The van der Waals surface area contributed by atoms with Gasteiger partial charge < -0.3 is 15.0 Å².